The number of anilines is 1. The number of nitro groups is 1. The molecule has 0 saturated heterocycles. The van der Waals surface area contributed by atoms with Gasteiger partial charge in [0.2, 0.25) is 5.91 Å². The van der Waals surface area contributed by atoms with Crippen LogP contribution in [0.4, 0.5) is 11.4 Å². The highest BCUT2D eigenvalue weighted by Crippen LogP contribution is 2.23. The Morgan fingerprint density at radius 3 is 2.55 bits per heavy atom. The molecule has 0 radical (unpaired) electrons. The number of benzene rings is 2. The molecule has 0 unspecified atom stereocenters. The fourth-order valence-corrected chi connectivity index (χ4v) is 3.93. The van der Waals surface area contributed by atoms with E-state index in [1.807, 2.05) is 32.0 Å². The Morgan fingerprint density at radius 2 is 1.88 bits per heavy atom. The molecule has 0 aliphatic heterocycles. The minimum atomic E-state index is -0.482. The minimum absolute atomic E-state index is 0.0323. The van der Waals surface area contributed by atoms with E-state index >= 15 is 0 Å². The van der Waals surface area contributed by atoms with Gasteiger partial charge in [0.15, 0.2) is 11.0 Å². The molecule has 0 aliphatic rings. The summed E-state index contributed by atoms with van der Waals surface area (Å²) in [4.78, 5) is 35.3. The number of nitrogens with zero attached hydrogens (tertiary/aromatic N) is 4. The van der Waals surface area contributed by atoms with Crippen LogP contribution in [-0.4, -0.2) is 37.3 Å². The van der Waals surface area contributed by atoms with Crippen molar-refractivity contribution in [2.24, 2.45) is 7.05 Å². The first-order valence-electron chi connectivity index (χ1n) is 10.1. The van der Waals surface area contributed by atoms with Gasteiger partial charge < -0.3 is 15.2 Å². The predicted octanol–water partition coefficient (Wildman–Crippen LogP) is 3.56. The molecule has 0 saturated carbocycles. The quantitative estimate of drug-likeness (QED) is 0.293. The van der Waals surface area contributed by atoms with Gasteiger partial charge in [-0.05, 0) is 44.0 Å². The van der Waals surface area contributed by atoms with E-state index in [0.29, 0.717) is 27.8 Å². The third-order valence-electron chi connectivity index (χ3n) is 5.02. The van der Waals surface area contributed by atoms with Gasteiger partial charge in [-0.25, -0.2) is 0 Å². The molecule has 33 heavy (non-hydrogen) atoms. The van der Waals surface area contributed by atoms with Crippen LogP contribution >= 0.6 is 11.8 Å². The van der Waals surface area contributed by atoms with Crippen molar-refractivity contribution < 1.29 is 14.5 Å². The fourth-order valence-electron chi connectivity index (χ4n) is 3.21. The van der Waals surface area contributed by atoms with Gasteiger partial charge in [0.05, 0.1) is 16.7 Å². The molecule has 0 aliphatic carbocycles. The molecule has 0 bridgehead atoms. The third kappa shape index (κ3) is 5.75. The van der Waals surface area contributed by atoms with Crippen LogP contribution in [0.25, 0.3) is 0 Å². The lowest BCUT2D eigenvalue weighted by Gasteiger charge is -2.14. The lowest BCUT2D eigenvalue weighted by Crippen LogP contribution is -2.29. The van der Waals surface area contributed by atoms with Crippen LogP contribution in [0.2, 0.25) is 0 Å². The molecule has 1 aromatic heterocycles. The van der Waals surface area contributed by atoms with Crippen molar-refractivity contribution in [1.82, 2.24) is 20.1 Å². The van der Waals surface area contributed by atoms with Crippen molar-refractivity contribution in [1.29, 1.82) is 0 Å². The fraction of sp³-hybridized carbons (Fsp3) is 0.273. The third-order valence-corrected chi connectivity index (χ3v) is 6.04. The van der Waals surface area contributed by atoms with Crippen molar-refractivity contribution in [3.8, 4) is 0 Å². The van der Waals surface area contributed by atoms with E-state index in [1.165, 1.54) is 30.0 Å². The number of thioether (sulfide) groups is 1. The molecule has 2 amide bonds. The Morgan fingerprint density at radius 1 is 1.15 bits per heavy atom. The summed E-state index contributed by atoms with van der Waals surface area (Å²) < 4.78 is 1.73. The van der Waals surface area contributed by atoms with Crippen LogP contribution in [-0.2, 0) is 11.8 Å². The zero-order valence-electron chi connectivity index (χ0n) is 18.7. The van der Waals surface area contributed by atoms with Crippen molar-refractivity contribution in [2.75, 3.05) is 11.1 Å². The molecule has 1 heterocycles. The standard InChI is InChI=1S/C22H24N6O4S/c1-13-7-5-6-8-17(13)21(30)23-15(3)20-25-26-22(27(20)4)33-12-19(29)24-18-10-9-16(28(31)32)11-14(18)2/h5-11,15H,12H2,1-4H3,(H,23,30)(H,24,29)/t15-/m0/s1. The molecule has 10 nitrogen and oxygen atoms in total. The second kappa shape index (κ2) is 10.3. The SMILES string of the molecule is Cc1cc([N+](=O)[O-])ccc1NC(=O)CSc1nnc([C@H](C)NC(=O)c2ccccc2C)n1C. The summed E-state index contributed by atoms with van der Waals surface area (Å²) in [7, 11) is 1.77. The Balaban J connectivity index is 1.59. The van der Waals surface area contributed by atoms with Gasteiger partial charge in [-0.2, -0.15) is 0 Å². The van der Waals surface area contributed by atoms with Crippen LogP contribution < -0.4 is 10.6 Å². The number of rotatable bonds is 8. The van der Waals surface area contributed by atoms with Gasteiger partial charge in [0, 0.05) is 30.4 Å². The predicted molar refractivity (Wildman–Crippen MR) is 125 cm³/mol. The first-order valence-corrected chi connectivity index (χ1v) is 11.1. The number of carbonyl (C=O) groups excluding carboxylic acids is 2. The number of carbonyl (C=O) groups is 2. The second-order valence-corrected chi connectivity index (χ2v) is 8.45. The normalized spacial score (nSPS) is 11.6. The summed E-state index contributed by atoms with van der Waals surface area (Å²) in [6, 6.07) is 11.2. The van der Waals surface area contributed by atoms with Gasteiger partial charge in [0.25, 0.3) is 11.6 Å². The molecular formula is C22H24N6O4S. The highest BCUT2D eigenvalue weighted by molar-refractivity contribution is 7.99. The van der Waals surface area contributed by atoms with Crippen molar-refractivity contribution in [3.05, 3.63) is 75.1 Å². The van der Waals surface area contributed by atoms with E-state index in [9.17, 15) is 19.7 Å². The van der Waals surface area contributed by atoms with Crippen LogP contribution in [0, 0.1) is 24.0 Å². The molecule has 0 fully saturated rings. The first-order chi connectivity index (χ1) is 15.7. The van der Waals surface area contributed by atoms with E-state index in [4.69, 9.17) is 0 Å². The largest absolute Gasteiger partial charge is 0.342 e. The number of hydrogen-bond acceptors (Lipinski definition) is 7. The number of amides is 2. The van der Waals surface area contributed by atoms with E-state index < -0.39 is 4.92 Å². The van der Waals surface area contributed by atoms with Crippen molar-refractivity contribution >= 4 is 35.0 Å². The summed E-state index contributed by atoms with van der Waals surface area (Å²) in [6.45, 7) is 5.38. The molecule has 1 atom stereocenters. The Bertz CT molecular complexity index is 1210. The number of aryl methyl sites for hydroxylation is 2. The van der Waals surface area contributed by atoms with Crippen LogP contribution in [0.5, 0.6) is 0 Å². The Hall–Kier alpha value is -3.73. The molecule has 3 aromatic rings. The van der Waals surface area contributed by atoms with Crippen LogP contribution in [0.15, 0.2) is 47.6 Å². The maximum absolute atomic E-state index is 12.6. The molecule has 2 N–H and O–H groups in total. The maximum Gasteiger partial charge on any atom is 0.269 e. The minimum Gasteiger partial charge on any atom is -0.342 e. The smallest absolute Gasteiger partial charge is 0.269 e. The highest BCUT2D eigenvalue weighted by Gasteiger charge is 2.20. The number of hydrogen-bond donors (Lipinski definition) is 2. The van der Waals surface area contributed by atoms with Crippen molar-refractivity contribution in [2.45, 2.75) is 32.0 Å². The van der Waals surface area contributed by atoms with E-state index in [0.717, 1.165) is 5.56 Å². The monoisotopic (exact) mass is 468 g/mol. The summed E-state index contributed by atoms with van der Waals surface area (Å²) in [5.74, 6) is 0.163. The number of aromatic nitrogens is 3. The molecule has 2 aromatic carbocycles. The molecule has 11 heteroatoms. The number of non-ortho nitro benzene ring substituents is 1. The molecule has 3 rings (SSSR count). The first kappa shape index (κ1) is 23.9. The average molecular weight is 469 g/mol. The van der Waals surface area contributed by atoms with Gasteiger partial charge in [-0.1, -0.05) is 30.0 Å². The van der Waals surface area contributed by atoms with Gasteiger partial charge in [0.1, 0.15) is 0 Å². The van der Waals surface area contributed by atoms with E-state index in [2.05, 4.69) is 20.8 Å². The maximum atomic E-state index is 12.6. The lowest BCUT2D eigenvalue weighted by molar-refractivity contribution is -0.384. The van der Waals surface area contributed by atoms with Gasteiger partial charge in [-0.3, -0.25) is 19.7 Å². The summed E-state index contributed by atoms with van der Waals surface area (Å²) in [5, 5.41) is 25.3. The molecular weight excluding hydrogens is 444 g/mol. The number of nitrogens with one attached hydrogen (secondary N) is 2. The number of nitro benzene ring substituents is 1. The average Bonchev–Trinajstić information content (AvgIpc) is 3.14. The van der Waals surface area contributed by atoms with E-state index in [1.54, 1.807) is 24.6 Å². The Kier molecular flexibility index (Phi) is 7.44. The Labute approximate surface area is 194 Å². The summed E-state index contributed by atoms with van der Waals surface area (Å²) >= 11 is 1.20. The summed E-state index contributed by atoms with van der Waals surface area (Å²) in [5.41, 5.74) is 2.55. The zero-order valence-corrected chi connectivity index (χ0v) is 19.5. The lowest BCUT2D eigenvalue weighted by atomic mass is 10.1. The summed E-state index contributed by atoms with van der Waals surface area (Å²) in [6.07, 6.45) is 0. The van der Waals surface area contributed by atoms with Crippen LogP contribution in [0.1, 0.15) is 40.3 Å². The highest BCUT2D eigenvalue weighted by atomic mass is 32.2. The van der Waals surface area contributed by atoms with E-state index in [-0.39, 0.29) is 29.3 Å². The zero-order chi connectivity index (χ0) is 24.1. The second-order valence-electron chi connectivity index (χ2n) is 7.50. The van der Waals surface area contributed by atoms with Crippen molar-refractivity contribution in [3.63, 3.8) is 0 Å². The molecule has 172 valence electrons. The topological polar surface area (TPSA) is 132 Å². The van der Waals surface area contributed by atoms with Crippen LogP contribution in [0.3, 0.4) is 0 Å². The van der Waals surface area contributed by atoms with Gasteiger partial charge >= 0.3 is 0 Å². The molecule has 0 spiro atoms. The van der Waals surface area contributed by atoms with Gasteiger partial charge in [-0.15, -0.1) is 10.2 Å².